The lowest BCUT2D eigenvalue weighted by atomic mass is 10.2. The molecule has 3 nitrogen and oxygen atoms in total. The van der Waals surface area contributed by atoms with Crippen LogP contribution in [0.2, 0.25) is 0 Å². The Morgan fingerprint density at radius 1 is 1.27 bits per heavy atom. The number of rotatable bonds is 6. The van der Waals surface area contributed by atoms with Crippen LogP contribution < -0.4 is 11.5 Å². The molecular formula is C12H21N3. The molecule has 0 radical (unpaired) electrons. The van der Waals surface area contributed by atoms with Crippen LogP contribution in [0.4, 0.5) is 0 Å². The third-order valence-corrected chi connectivity index (χ3v) is 2.49. The third-order valence-electron chi connectivity index (χ3n) is 2.49. The largest absolute Gasteiger partial charge is 0.329 e. The maximum atomic E-state index is 5.84. The highest BCUT2D eigenvalue weighted by atomic mass is 15.1. The highest BCUT2D eigenvalue weighted by molar-refractivity contribution is 5.14. The third kappa shape index (κ3) is 4.42. The Kier molecular flexibility index (Phi) is 5.32. The van der Waals surface area contributed by atoms with Gasteiger partial charge in [-0.1, -0.05) is 37.3 Å². The zero-order valence-corrected chi connectivity index (χ0v) is 9.39. The van der Waals surface area contributed by atoms with Crippen molar-refractivity contribution in [1.82, 2.24) is 4.90 Å². The van der Waals surface area contributed by atoms with Crippen LogP contribution in [0.5, 0.6) is 0 Å². The van der Waals surface area contributed by atoms with Crippen molar-refractivity contribution in [2.24, 2.45) is 11.5 Å². The molecule has 0 heterocycles. The molecule has 1 aromatic rings. The van der Waals surface area contributed by atoms with E-state index in [0.717, 1.165) is 19.6 Å². The van der Waals surface area contributed by atoms with E-state index in [9.17, 15) is 0 Å². The summed E-state index contributed by atoms with van der Waals surface area (Å²) >= 11 is 0. The van der Waals surface area contributed by atoms with E-state index in [0.29, 0.717) is 6.54 Å². The summed E-state index contributed by atoms with van der Waals surface area (Å²) in [6.45, 7) is 5.51. The minimum atomic E-state index is 0.0775. The van der Waals surface area contributed by atoms with E-state index in [1.165, 1.54) is 5.56 Å². The molecule has 0 spiro atoms. The molecule has 1 aromatic carbocycles. The quantitative estimate of drug-likeness (QED) is 0.725. The highest BCUT2D eigenvalue weighted by Gasteiger charge is 2.07. The first kappa shape index (κ1) is 12.2. The van der Waals surface area contributed by atoms with Gasteiger partial charge in [0.25, 0.3) is 0 Å². The molecule has 3 heteroatoms. The van der Waals surface area contributed by atoms with E-state index < -0.39 is 0 Å². The van der Waals surface area contributed by atoms with Crippen LogP contribution >= 0.6 is 0 Å². The van der Waals surface area contributed by atoms with Crippen LogP contribution in [0, 0.1) is 0 Å². The van der Waals surface area contributed by atoms with Crippen molar-refractivity contribution in [2.45, 2.75) is 19.5 Å². The Bertz CT molecular complexity index is 261. The van der Waals surface area contributed by atoms with E-state index >= 15 is 0 Å². The second kappa shape index (κ2) is 6.56. The summed E-state index contributed by atoms with van der Waals surface area (Å²) < 4.78 is 0. The van der Waals surface area contributed by atoms with Crippen molar-refractivity contribution in [3.05, 3.63) is 35.9 Å². The molecule has 1 rings (SSSR count). The summed E-state index contributed by atoms with van der Waals surface area (Å²) in [5.41, 5.74) is 12.7. The first-order chi connectivity index (χ1) is 7.26. The predicted molar refractivity (Wildman–Crippen MR) is 64.4 cm³/mol. The van der Waals surface area contributed by atoms with Gasteiger partial charge in [0.1, 0.15) is 0 Å². The molecule has 0 amide bonds. The Hall–Kier alpha value is -0.900. The van der Waals surface area contributed by atoms with Gasteiger partial charge in [-0.15, -0.1) is 0 Å². The number of nitrogens with two attached hydrogens (primary N) is 2. The normalized spacial score (nSPS) is 13.1. The van der Waals surface area contributed by atoms with Gasteiger partial charge in [0.05, 0.1) is 0 Å². The summed E-state index contributed by atoms with van der Waals surface area (Å²) in [5.74, 6) is 0. The number of hydrogen-bond donors (Lipinski definition) is 2. The van der Waals surface area contributed by atoms with Crippen molar-refractivity contribution in [3.63, 3.8) is 0 Å². The maximum absolute atomic E-state index is 5.84. The van der Waals surface area contributed by atoms with Crippen LogP contribution in [0.3, 0.4) is 0 Å². The fourth-order valence-corrected chi connectivity index (χ4v) is 1.55. The van der Waals surface area contributed by atoms with Crippen LogP contribution in [0.1, 0.15) is 12.5 Å². The fraction of sp³-hybridized carbons (Fsp3) is 0.500. The van der Waals surface area contributed by atoms with Gasteiger partial charge in [-0.05, 0) is 12.1 Å². The van der Waals surface area contributed by atoms with Crippen molar-refractivity contribution in [1.29, 1.82) is 0 Å². The van der Waals surface area contributed by atoms with Crippen LogP contribution in [0.25, 0.3) is 0 Å². The number of likely N-dealkylation sites (N-methyl/N-ethyl adjacent to an activating group) is 1. The lowest BCUT2D eigenvalue weighted by molar-refractivity contribution is 0.263. The van der Waals surface area contributed by atoms with Gasteiger partial charge in [0, 0.05) is 25.7 Å². The average Bonchev–Trinajstić information content (AvgIpc) is 2.29. The zero-order valence-electron chi connectivity index (χ0n) is 9.39. The molecule has 0 aromatic heterocycles. The topological polar surface area (TPSA) is 55.3 Å². The molecule has 0 aliphatic carbocycles. The van der Waals surface area contributed by atoms with Crippen molar-refractivity contribution < 1.29 is 0 Å². The van der Waals surface area contributed by atoms with Gasteiger partial charge in [-0.3, -0.25) is 4.90 Å². The van der Waals surface area contributed by atoms with E-state index in [-0.39, 0.29) is 6.04 Å². The predicted octanol–water partition coefficient (Wildman–Crippen LogP) is 0.795. The number of nitrogens with zero attached hydrogens (tertiary/aromatic N) is 1. The van der Waals surface area contributed by atoms with Crippen LogP contribution in [0.15, 0.2) is 30.3 Å². The SMILES string of the molecule is CCN(Cc1ccccc1)CC(N)CN. The van der Waals surface area contributed by atoms with Gasteiger partial charge in [0.15, 0.2) is 0 Å². The summed E-state index contributed by atoms with van der Waals surface area (Å²) in [6, 6.07) is 10.5. The number of benzene rings is 1. The molecule has 15 heavy (non-hydrogen) atoms. The maximum Gasteiger partial charge on any atom is 0.0292 e. The van der Waals surface area contributed by atoms with Crippen molar-refractivity contribution >= 4 is 0 Å². The molecule has 0 saturated heterocycles. The van der Waals surface area contributed by atoms with Gasteiger partial charge >= 0.3 is 0 Å². The molecular weight excluding hydrogens is 186 g/mol. The first-order valence-corrected chi connectivity index (χ1v) is 5.48. The average molecular weight is 207 g/mol. The highest BCUT2D eigenvalue weighted by Crippen LogP contribution is 2.04. The fourth-order valence-electron chi connectivity index (χ4n) is 1.55. The standard InChI is InChI=1S/C12H21N3/c1-2-15(10-12(14)8-13)9-11-6-4-3-5-7-11/h3-7,12H,2,8-10,13-14H2,1H3. The summed E-state index contributed by atoms with van der Waals surface area (Å²) in [6.07, 6.45) is 0. The zero-order chi connectivity index (χ0) is 11.1. The van der Waals surface area contributed by atoms with Crippen LogP contribution in [-0.2, 0) is 6.54 Å². The minimum absolute atomic E-state index is 0.0775. The van der Waals surface area contributed by atoms with E-state index in [1.54, 1.807) is 0 Å². The molecule has 4 N–H and O–H groups in total. The summed E-state index contributed by atoms with van der Waals surface area (Å²) in [7, 11) is 0. The Labute approximate surface area is 92.1 Å². The van der Waals surface area contributed by atoms with E-state index in [2.05, 4.69) is 36.1 Å². The Morgan fingerprint density at radius 2 is 1.93 bits per heavy atom. The molecule has 1 atom stereocenters. The molecule has 84 valence electrons. The Morgan fingerprint density at radius 3 is 2.47 bits per heavy atom. The molecule has 0 bridgehead atoms. The lowest BCUT2D eigenvalue weighted by Gasteiger charge is -2.23. The van der Waals surface area contributed by atoms with E-state index in [1.807, 2.05) is 6.07 Å². The second-order valence-corrected chi connectivity index (χ2v) is 3.81. The van der Waals surface area contributed by atoms with E-state index in [4.69, 9.17) is 11.5 Å². The van der Waals surface area contributed by atoms with Crippen molar-refractivity contribution in [3.8, 4) is 0 Å². The van der Waals surface area contributed by atoms with Gasteiger partial charge in [-0.25, -0.2) is 0 Å². The Balaban J connectivity index is 2.47. The van der Waals surface area contributed by atoms with Crippen LogP contribution in [-0.4, -0.2) is 30.6 Å². The number of hydrogen-bond acceptors (Lipinski definition) is 3. The second-order valence-electron chi connectivity index (χ2n) is 3.81. The molecule has 0 fully saturated rings. The smallest absolute Gasteiger partial charge is 0.0292 e. The molecule has 1 unspecified atom stereocenters. The van der Waals surface area contributed by atoms with Crippen molar-refractivity contribution in [2.75, 3.05) is 19.6 Å². The summed E-state index contributed by atoms with van der Waals surface area (Å²) in [4.78, 5) is 2.31. The molecule has 0 aliphatic rings. The lowest BCUT2D eigenvalue weighted by Crippen LogP contribution is -2.41. The molecule has 0 aliphatic heterocycles. The van der Waals surface area contributed by atoms with Gasteiger partial charge < -0.3 is 11.5 Å². The summed E-state index contributed by atoms with van der Waals surface area (Å²) in [5, 5.41) is 0. The van der Waals surface area contributed by atoms with Gasteiger partial charge in [-0.2, -0.15) is 0 Å². The first-order valence-electron chi connectivity index (χ1n) is 5.48. The minimum Gasteiger partial charge on any atom is -0.329 e. The van der Waals surface area contributed by atoms with Gasteiger partial charge in [0.2, 0.25) is 0 Å². The molecule has 0 saturated carbocycles. The monoisotopic (exact) mass is 207 g/mol.